The van der Waals surface area contributed by atoms with Crippen molar-refractivity contribution in [3.8, 4) is 0 Å². The van der Waals surface area contributed by atoms with Crippen molar-refractivity contribution < 1.29 is 9.53 Å². The minimum atomic E-state index is -0.145. The van der Waals surface area contributed by atoms with E-state index in [9.17, 15) is 4.79 Å². The van der Waals surface area contributed by atoms with Crippen LogP contribution in [0.25, 0.3) is 0 Å². The summed E-state index contributed by atoms with van der Waals surface area (Å²) in [6, 6.07) is 0. The topological polar surface area (TPSA) is 41.6 Å². The number of ether oxygens (including phenoxy) is 1. The van der Waals surface area contributed by atoms with E-state index in [1.165, 1.54) is 6.42 Å². The van der Waals surface area contributed by atoms with Crippen molar-refractivity contribution in [2.24, 2.45) is 5.41 Å². The van der Waals surface area contributed by atoms with Gasteiger partial charge in [-0.15, -0.1) is 0 Å². The van der Waals surface area contributed by atoms with Gasteiger partial charge in [-0.2, -0.15) is 0 Å². The van der Waals surface area contributed by atoms with Crippen molar-refractivity contribution >= 4 is 6.09 Å². The summed E-state index contributed by atoms with van der Waals surface area (Å²) in [4.78, 5) is 13.5. The molecule has 0 bridgehead atoms. The van der Waals surface area contributed by atoms with Crippen LogP contribution in [0.2, 0.25) is 0 Å². The molecule has 1 atom stereocenters. The number of carbonyl (C=O) groups is 1. The normalized spacial score (nSPS) is 30.5. The highest BCUT2D eigenvalue weighted by Crippen LogP contribution is 2.36. The summed E-state index contributed by atoms with van der Waals surface area (Å²) in [5, 5.41) is 3.38. The first-order chi connectivity index (χ1) is 7.11. The molecule has 1 unspecified atom stereocenters. The SMILES string of the molecule is CC(C)OC(=O)N1CCC2(CCNC2)C1. The number of hydrogen-bond donors (Lipinski definition) is 1. The predicted molar refractivity (Wildman–Crippen MR) is 57.7 cm³/mol. The number of rotatable bonds is 1. The van der Waals surface area contributed by atoms with E-state index in [0.29, 0.717) is 5.41 Å². The molecule has 1 spiro atoms. The molecule has 15 heavy (non-hydrogen) atoms. The van der Waals surface area contributed by atoms with Crippen LogP contribution in [0.5, 0.6) is 0 Å². The van der Waals surface area contributed by atoms with Crippen LogP contribution in [-0.2, 0) is 4.74 Å². The summed E-state index contributed by atoms with van der Waals surface area (Å²) in [6.07, 6.45) is 2.15. The van der Waals surface area contributed by atoms with Crippen LogP contribution in [0, 0.1) is 5.41 Å². The molecule has 1 amide bonds. The minimum Gasteiger partial charge on any atom is -0.447 e. The monoisotopic (exact) mass is 212 g/mol. The number of carbonyl (C=O) groups excluding carboxylic acids is 1. The molecular weight excluding hydrogens is 192 g/mol. The Bertz CT molecular complexity index is 247. The van der Waals surface area contributed by atoms with Crippen molar-refractivity contribution in [3.05, 3.63) is 0 Å². The standard InChI is InChI=1S/C11H20N2O2/c1-9(2)15-10(14)13-6-4-11(8-13)3-5-12-7-11/h9,12H,3-8H2,1-2H3. The molecule has 0 aromatic carbocycles. The average molecular weight is 212 g/mol. The molecule has 0 aromatic heterocycles. The van der Waals surface area contributed by atoms with Crippen LogP contribution in [0.3, 0.4) is 0 Å². The van der Waals surface area contributed by atoms with Crippen LogP contribution in [-0.4, -0.2) is 43.3 Å². The molecule has 0 saturated carbocycles. The van der Waals surface area contributed by atoms with Gasteiger partial charge in [-0.05, 0) is 33.2 Å². The van der Waals surface area contributed by atoms with Gasteiger partial charge in [0.25, 0.3) is 0 Å². The molecular formula is C11H20N2O2. The zero-order valence-electron chi connectivity index (χ0n) is 9.58. The highest BCUT2D eigenvalue weighted by molar-refractivity contribution is 5.68. The first-order valence-electron chi connectivity index (χ1n) is 5.78. The van der Waals surface area contributed by atoms with Crippen LogP contribution in [0.15, 0.2) is 0 Å². The van der Waals surface area contributed by atoms with Crippen molar-refractivity contribution in [2.45, 2.75) is 32.8 Å². The molecule has 2 aliphatic heterocycles. The number of likely N-dealkylation sites (tertiary alicyclic amines) is 1. The third kappa shape index (κ3) is 2.25. The molecule has 86 valence electrons. The van der Waals surface area contributed by atoms with Gasteiger partial charge in [0.15, 0.2) is 0 Å². The second-order valence-electron chi connectivity index (χ2n) is 5.03. The molecule has 4 heteroatoms. The Balaban J connectivity index is 1.89. The maximum atomic E-state index is 11.7. The lowest BCUT2D eigenvalue weighted by Gasteiger charge is -2.23. The van der Waals surface area contributed by atoms with Crippen LogP contribution >= 0.6 is 0 Å². The zero-order valence-corrected chi connectivity index (χ0v) is 9.58. The van der Waals surface area contributed by atoms with Gasteiger partial charge in [0, 0.05) is 25.0 Å². The smallest absolute Gasteiger partial charge is 0.410 e. The number of nitrogens with zero attached hydrogens (tertiary/aromatic N) is 1. The van der Waals surface area contributed by atoms with Gasteiger partial charge in [-0.3, -0.25) is 0 Å². The number of hydrogen-bond acceptors (Lipinski definition) is 3. The highest BCUT2D eigenvalue weighted by Gasteiger charge is 2.42. The predicted octanol–water partition coefficient (Wildman–Crippen LogP) is 1.22. The minimum absolute atomic E-state index is 0.0178. The Labute approximate surface area is 91.0 Å². The summed E-state index contributed by atoms with van der Waals surface area (Å²) < 4.78 is 5.20. The highest BCUT2D eigenvalue weighted by atomic mass is 16.6. The van der Waals surface area contributed by atoms with Crippen molar-refractivity contribution in [1.29, 1.82) is 0 Å². The molecule has 4 nitrogen and oxygen atoms in total. The average Bonchev–Trinajstić information content (AvgIpc) is 2.76. The Morgan fingerprint density at radius 1 is 1.47 bits per heavy atom. The van der Waals surface area contributed by atoms with E-state index in [4.69, 9.17) is 4.74 Å². The Morgan fingerprint density at radius 2 is 2.27 bits per heavy atom. The van der Waals surface area contributed by atoms with Crippen LogP contribution in [0.1, 0.15) is 26.7 Å². The van der Waals surface area contributed by atoms with Gasteiger partial charge in [0.2, 0.25) is 0 Å². The Morgan fingerprint density at radius 3 is 2.87 bits per heavy atom. The molecule has 2 heterocycles. The van der Waals surface area contributed by atoms with E-state index >= 15 is 0 Å². The van der Waals surface area contributed by atoms with E-state index in [1.807, 2.05) is 18.7 Å². The maximum Gasteiger partial charge on any atom is 0.410 e. The van der Waals surface area contributed by atoms with E-state index in [0.717, 1.165) is 32.6 Å². The third-order valence-corrected chi connectivity index (χ3v) is 3.37. The molecule has 0 aromatic rings. The second-order valence-corrected chi connectivity index (χ2v) is 5.03. The summed E-state index contributed by atoms with van der Waals surface area (Å²) in [6.45, 7) is 7.64. The fourth-order valence-corrected chi connectivity index (χ4v) is 2.51. The Hall–Kier alpha value is -0.770. The number of amides is 1. The maximum absolute atomic E-state index is 11.7. The first-order valence-corrected chi connectivity index (χ1v) is 5.78. The van der Waals surface area contributed by atoms with Gasteiger partial charge in [-0.1, -0.05) is 0 Å². The lowest BCUT2D eigenvalue weighted by Crippen LogP contribution is -2.34. The van der Waals surface area contributed by atoms with E-state index in [2.05, 4.69) is 5.32 Å². The summed E-state index contributed by atoms with van der Waals surface area (Å²) in [5.74, 6) is 0. The van der Waals surface area contributed by atoms with Gasteiger partial charge in [-0.25, -0.2) is 4.79 Å². The van der Waals surface area contributed by atoms with Gasteiger partial charge >= 0.3 is 6.09 Å². The van der Waals surface area contributed by atoms with E-state index < -0.39 is 0 Å². The fourth-order valence-electron chi connectivity index (χ4n) is 2.51. The lowest BCUT2D eigenvalue weighted by atomic mass is 9.87. The molecule has 2 rings (SSSR count). The lowest BCUT2D eigenvalue weighted by molar-refractivity contribution is 0.0804. The molecule has 2 saturated heterocycles. The second kappa shape index (κ2) is 4.00. The van der Waals surface area contributed by atoms with Gasteiger partial charge in [0.1, 0.15) is 0 Å². The van der Waals surface area contributed by atoms with Crippen molar-refractivity contribution in [2.75, 3.05) is 26.2 Å². The van der Waals surface area contributed by atoms with Crippen molar-refractivity contribution in [1.82, 2.24) is 10.2 Å². The largest absolute Gasteiger partial charge is 0.447 e. The quantitative estimate of drug-likeness (QED) is 0.710. The fraction of sp³-hybridized carbons (Fsp3) is 0.909. The first kappa shape index (κ1) is 10.7. The Kier molecular flexibility index (Phi) is 2.87. The molecule has 1 N–H and O–H groups in total. The summed E-state index contributed by atoms with van der Waals surface area (Å²) >= 11 is 0. The number of nitrogens with one attached hydrogen (secondary N) is 1. The summed E-state index contributed by atoms with van der Waals surface area (Å²) in [5.41, 5.74) is 0.343. The van der Waals surface area contributed by atoms with E-state index in [-0.39, 0.29) is 12.2 Å². The molecule has 0 aliphatic carbocycles. The van der Waals surface area contributed by atoms with Crippen LogP contribution < -0.4 is 5.32 Å². The third-order valence-electron chi connectivity index (χ3n) is 3.37. The van der Waals surface area contributed by atoms with Crippen LogP contribution in [0.4, 0.5) is 4.79 Å². The van der Waals surface area contributed by atoms with Crippen molar-refractivity contribution in [3.63, 3.8) is 0 Å². The molecule has 0 radical (unpaired) electrons. The molecule has 2 fully saturated rings. The zero-order chi connectivity index (χ0) is 10.9. The van der Waals surface area contributed by atoms with E-state index in [1.54, 1.807) is 0 Å². The van der Waals surface area contributed by atoms with Gasteiger partial charge in [0.05, 0.1) is 6.10 Å². The van der Waals surface area contributed by atoms with Gasteiger partial charge < -0.3 is 15.0 Å². The summed E-state index contributed by atoms with van der Waals surface area (Å²) in [7, 11) is 0. The molecule has 2 aliphatic rings.